The minimum absolute atomic E-state index is 0.186. The van der Waals surface area contributed by atoms with Crippen LogP contribution in [0.15, 0.2) is 0 Å². The molecule has 2 unspecified atom stereocenters. The first-order chi connectivity index (χ1) is 9.40. The molecule has 2 rings (SSSR count). The van der Waals surface area contributed by atoms with Crippen LogP contribution in [-0.4, -0.2) is 54.3 Å². The van der Waals surface area contributed by atoms with E-state index in [0.29, 0.717) is 12.6 Å². The number of rotatable bonds is 3. The lowest BCUT2D eigenvalue weighted by molar-refractivity contribution is 0.0277. The van der Waals surface area contributed by atoms with Gasteiger partial charge in [-0.1, -0.05) is 13.8 Å². The maximum Gasteiger partial charge on any atom is 0.230 e. The molecule has 0 aliphatic carbocycles. The summed E-state index contributed by atoms with van der Waals surface area (Å²) < 4.78 is 5.67. The Kier molecular flexibility index (Phi) is 4.42. The summed E-state index contributed by atoms with van der Waals surface area (Å²) in [4.78, 5) is 17.9. The van der Waals surface area contributed by atoms with Gasteiger partial charge < -0.3 is 14.5 Å². The van der Waals surface area contributed by atoms with Gasteiger partial charge in [-0.05, 0) is 13.8 Å². The Hall–Kier alpha value is -1.43. The average Bonchev–Trinajstić information content (AvgIpc) is 2.41. The molecule has 112 valence electrons. The van der Waals surface area contributed by atoms with Crippen LogP contribution >= 0.6 is 0 Å². The topological polar surface area (TPSA) is 54.4 Å². The largest absolute Gasteiger partial charge is 0.375 e. The van der Waals surface area contributed by atoms with Crippen molar-refractivity contribution in [1.82, 2.24) is 15.0 Å². The van der Waals surface area contributed by atoms with Gasteiger partial charge in [0.2, 0.25) is 11.9 Å². The van der Waals surface area contributed by atoms with Gasteiger partial charge in [0.1, 0.15) is 5.82 Å². The van der Waals surface area contributed by atoms with Crippen LogP contribution in [0.2, 0.25) is 0 Å². The summed E-state index contributed by atoms with van der Waals surface area (Å²) in [6.07, 6.45) is 0.186. The lowest BCUT2D eigenvalue weighted by Crippen LogP contribution is -2.49. The summed E-state index contributed by atoms with van der Waals surface area (Å²) in [6.45, 7) is 9.98. The molecule has 6 heteroatoms. The molecule has 1 saturated heterocycles. The van der Waals surface area contributed by atoms with E-state index in [2.05, 4.69) is 47.5 Å². The van der Waals surface area contributed by atoms with E-state index in [9.17, 15) is 0 Å². The molecule has 0 bridgehead atoms. The Morgan fingerprint density at radius 3 is 2.50 bits per heavy atom. The molecule has 0 amide bonds. The van der Waals surface area contributed by atoms with E-state index in [1.165, 1.54) is 0 Å². The molecule has 0 radical (unpaired) electrons. The molecule has 2 heterocycles. The average molecular weight is 279 g/mol. The van der Waals surface area contributed by atoms with Gasteiger partial charge in [-0.15, -0.1) is 0 Å². The summed E-state index contributed by atoms with van der Waals surface area (Å²) in [5, 5.41) is 0. The summed E-state index contributed by atoms with van der Waals surface area (Å²) in [5.74, 6) is 2.59. The van der Waals surface area contributed by atoms with Crippen molar-refractivity contribution in [2.45, 2.75) is 45.8 Å². The summed E-state index contributed by atoms with van der Waals surface area (Å²) in [7, 11) is 3.91. The van der Waals surface area contributed by atoms with Crippen molar-refractivity contribution in [3.8, 4) is 0 Å². The van der Waals surface area contributed by atoms with Crippen LogP contribution in [0.25, 0.3) is 0 Å². The number of nitrogens with zero attached hydrogens (tertiary/aromatic N) is 5. The van der Waals surface area contributed by atoms with Crippen molar-refractivity contribution in [1.29, 1.82) is 0 Å². The summed E-state index contributed by atoms with van der Waals surface area (Å²) >= 11 is 0. The van der Waals surface area contributed by atoms with Crippen LogP contribution in [-0.2, 0) is 4.74 Å². The fourth-order valence-electron chi connectivity index (χ4n) is 2.17. The lowest BCUT2D eigenvalue weighted by Gasteiger charge is -2.38. The van der Waals surface area contributed by atoms with Crippen LogP contribution in [0.5, 0.6) is 0 Å². The van der Waals surface area contributed by atoms with Gasteiger partial charge in [0.25, 0.3) is 0 Å². The first-order valence-electron chi connectivity index (χ1n) is 7.21. The number of hydrogen-bond acceptors (Lipinski definition) is 6. The standard InChI is InChI=1S/C14H25N5O/c1-9(2)12-15-13(18(5)6)17-14(16-12)19-7-8-20-11(4)10(19)3/h9-11H,7-8H2,1-6H3. The minimum Gasteiger partial charge on any atom is -0.375 e. The van der Waals surface area contributed by atoms with Gasteiger partial charge >= 0.3 is 0 Å². The van der Waals surface area contributed by atoms with Crippen LogP contribution in [0.3, 0.4) is 0 Å². The molecule has 2 atom stereocenters. The second kappa shape index (κ2) is 5.91. The van der Waals surface area contributed by atoms with E-state index in [1.807, 2.05) is 19.0 Å². The second-order valence-electron chi connectivity index (χ2n) is 5.85. The van der Waals surface area contributed by atoms with E-state index in [1.54, 1.807) is 0 Å². The minimum atomic E-state index is 0.186. The highest BCUT2D eigenvalue weighted by Crippen LogP contribution is 2.22. The summed E-state index contributed by atoms with van der Waals surface area (Å²) in [5.41, 5.74) is 0. The zero-order valence-corrected chi connectivity index (χ0v) is 13.3. The Balaban J connectivity index is 2.39. The van der Waals surface area contributed by atoms with Crippen molar-refractivity contribution in [3.63, 3.8) is 0 Å². The molecule has 6 nitrogen and oxygen atoms in total. The van der Waals surface area contributed by atoms with Gasteiger partial charge in [0.15, 0.2) is 0 Å². The van der Waals surface area contributed by atoms with Crippen molar-refractivity contribution in [2.24, 2.45) is 0 Å². The van der Waals surface area contributed by atoms with Crippen molar-refractivity contribution in [2.75, 3.05) is 37.0 Å². The zero-order valence-electron chi connectivity index (χ0n) is 13.3. The highest BCUT2D eigenvalue weighted by molar-refractivity contribution is 5.40. The molecule has 1 fully saturated rings. The highest BCUT2D eigenvalue weighted by Gasteiger charge is 2.28. The van der Waals surface area contributed by atoms with Crippen LogP contribution in [0.4, 0.5) is 11.9 Å². The normalized spacial score (nSPS) is 23.2. The molecule has 0 aromatic carbocycles. The smallest absolute Gasteiger partial charge is 0.230 e. The molecule has 1 aliphatic heterocycles. The van der Waals surface area contributed by atoms with Gasteiger partial charge in [0, 0.05) is 26.6 Å². The monoisotopic (exact) mass is 279 g/mol. The number of hydrogen-bond donors (Lipinski definition) is 0. The molecule has 1 aliphatic rings. The lowest BCUT2D eigenvalue weighted by atomic mass is 10.1. The number of morpholine rings is 1. The summed E-state index contributed by atoms with van der Waals surface area (Å²) in [6, 6.07) is 0.265. The Bertz CT molecular complexity index is 437. The van der Waals surface area contributed by atoms with Gasteiger partial charge in [-0.3, -0.25) is 0 Å². The maximum atomic E-state index is 5.67. The molecule has 1 aromatic rings. The molecular weight excluding hydrogens is 254 g/mol. The third-order valence-corrected chi connectivity index (χ3v) is 3.69. The van der Waals surface area contributed by atoms with Gasteiger partial charge in [0.05, 0.1) is 18.8 Å². The zero-order chi connectivity index (χ0) is 14.9. The number of ether oxygens (including phenoxy) is 1. The van der Waals surface area contributed by atoms with Crippen molar-refractivity contribution in [3.05, 3.63) is 5.82 Å². The Morgan fingerprint density at radius 2 is 1.90 bits per heavy atom. The van der Waals surface area contributed by atoms with E-state index in [4.69, 9.17) is 4.74 Å². The third-order valence-electron chi connectivity index (χ3n) is 3.69. The maximum absolute atomic E-state index is 5.67. The molecule has 20 heavy (non-hydrogen) atoms. The van der Waals surface area contributed by atoms with Gasteiger partial charge in [-0.25, -0.2) is 0 Å². The Morgan fingerprint density at radius 1 is 1.20 bits per heavy atom. The van der Waals surface area contributed by atoms with E-state index in [-0.39, 0.29) is 18.1 Å². The van der Waals surface area contributed by atoms with E-state index >= 15 is 0 Å². The molecule has 1 aromatic heterocycles. The molecule has 0 spiro atoms. The predicted molar refractivity (Wildman–Crippen MR) is 80.5 cm³/mol. The van der Waals surface area contributed by atoms with Crippen molar-refractivity contribution >= 4 is 11.9 Å². The van der Waals surface area contributed by atoms with Gasteiger partial charge in [-0.2, -0.15) is 15.0 Å². The van der Waals surface area contributed by atoms with E-state index in [0.717, 1.165) is 18.3 Å². The highest BCUT2D eigenvalue weighted by atomic mass is 16.5. The molecule has 0 saturated carbocycles. The fourth-order valence-corrected chi connectivity index (χ4v) is 2.17. The van der Waals surface area contributed by atoms with Crippen LogP contribution in [0, 0.1) is 0 Å². The van der Waals surface area contributed by atoms with E-state index < -0.39 is 0 Å². The number of anilines is 2. The van der Waals surface area contributed by atoms with Crippen LogP contribution in [0.1, 0.15) is 39.4 Å². The van der Waals surface area contributed by atoms with Crippen LogP contribution < -0.4 is 9.80 Å². The third kappa shape index (κ3) is 3.00. The SMILES string of the molecule is CC(C)c1nc(N(C)C)nc(N2CCOC(C)C2C)n1. The molecular formula is C14H25N5O. The fraction of sp³-hybridized carbons (Fsp3) is 0.786. The number of aromatic nitrogens is 3. The first kappa shape index (κ1) is 15.0. The molecule has 0 N–H and O–H groups in total. The first-order valence-corrected chi connectivity index (χ1v) is 7.21. The second-order valence-corrected chi connectivity index (χ2v) is 5.85. The van der Waals surface area contributed by atoms with Crippen molar-refractivity contribution < 1.29 is 4.74 Å². The quantitative estimate of drug-likeness (QED) is 0.839. The predicted octanol–water partition coefficient (Wildman–Crippen LogP) is 1.67. The Labute approximate surface area is 121 Å².